The molecule has 2 rings (SSSR count). The van der Waals surface area contributed by atoms with Crippen molar-refractivity contribution in [3.8, 4) is 0 Å². The second kappa shape index (κ2) is 6.95. The molecule has 0 unspecified atom stereocenters. The molecular formula is C15H22ClN3O. The fourth-order valence-electron chi connectivity index (χ4n) is 2.07. The zero-order chi connectivity index (χ0) is 14.5. The second-order valence-electron chi connectivity index (χ2n) is 5.25. The van der Waals surface area contributed by atoms with Gasteiger partial charge in [0.2, 0.25) is 5.91 Å². The lowest BCUT2D eigenvalue weighted by Gasteiger charge is -2.20. The predicted molar refractivity (Wildman–Crippen MR) is 83.3 cm³/mol. The monoisotopic (exact) mass is 295 g/mol. The van der Waals surface area contributed by atoms with Gasteiger partial charge in [0.25, 0.3) is 0 Å². The van der Waals surface area contributed by atoms with E-state index in [4.69, 9.17) is 11.6 Å². The molecule has 110 valence electrons. The lowest BCUT2D eigenvalue weighted by Crippen LogP contribution is -2.35. The van der Waals surface area contributed by atoms with Gasteiger partial charge in [0, 0.05) is 26.2 Å². The number of likely N-dealkylation sites (N-methyl/N-ethyl adjacent to an activating group) is 2. The molecule has 1 aromatic carbocycles. The van der Waals surface area contributed by atoms with Gasteiger partial charge in [0.15, 0.2) is 0 Å². The SMILES string of the molecule is CCNC(=O)CN(C)c1ccc(CNC2CC2)cc1Cl. The number of hydrogen-bond acceptors (Lipinski definition) is 3. The van der Waals surface area contributed by atoms with Gasteiger partial charge >= 0.3 is 0 Å². The highest BCUT2D eigenvalue weighted by atomic mass is 35.5. The maximum Gasteiger partial charge on any atom is 0.239 e. The average molecular weight is 296 g/mol. The molecular weight excluding hydrogens is 274 g/mol. The van der Waals surface area contributed by atoms with E-state index in [-0.39, 0.29) is 5.91 Å². The third-order valence-corrected chi connectivity index (χ3v) is 3.65. The van der Waals surface area contributed by atoms with E-state index in [0.717, 1.165) is 12.2 Å². The molecule has 4 nitrogen and oxygen atoms in total. The van der Waals surface area contributed by atoms with E-state index in [0.29, 0.717) is 24.2 Å². The molecule has 1 aliphatic carbocycles. The zero-order valence-corrected chi connectivity index (χ0v) is 12.8. The van der Waals surface area contributed by atoms with Gasteiger partial charge in [-0.15, -0.1) is 0 Å². The van der Waals surface area contributed by atoms with Crippen LogP contribution in [-0.4, -0.2) is 32.1 Å². The number of nitrogens with zero attached hydrogens (tertiary/aromatic N) is 1. The molecule has 20 heavy (non-hydrogen) atoms. The number of nitrogens with one attached hydrogen (secondary N) is 2. The Kier molecular flexibility index (Phi) is 5.26. The van der Waals surface area contributed by atoms with Crippen molar-refractivity contribution in [3.63, 3.8) is 0 Å². The highest BCUT2D eigenvalue weighted by Crippen LogP contribution is 2.26. The summed E-state index contributed by atoms with van der Waals surface area (Å²) in [5, 5.41) is 6.93. The van der Waals surface area contributed by atoms with Crippen LogP contribution in [0.2, 0.25) is 5.02 Å². The van der Waals surface area contributed by atoms with Crippen molar-refractivity contribution in [1.82, 2.24) is 10.6 Å². The van der Waals surface area contributed by atoms with E-state index in [1.807, 2.05) is 31.0 Å². The minimum Gasteiger partial charge on any atom is -0.364 e. The first-order chi connectivity index (χ1) is 9.60. The lowest BCUT2D eigenvalue weighted by atomic mass is 10.2. The number of amides is 1. The van der Waals surface area contributed by atoms with Gasteiger partial charge in [-0.25, -0.2) is 0 Å². The maximum atomic E-state index is 11.6. The van der Waals surface area contributed by atoms with Crippen LogP contribution < -0.4 is 15.5 Å². The topological polar surface area (TPSA) is 44.4 Å². The fraction of sp³-hybridized carbons (Fsp3) is 0.533. The summed E-state index contributed by atoms with van der Waals surface area (Å²) >= 11 is 6.31. The van der Waals surface area contributed by atoms with Crippen molar-refractivity contribution < 1.29 is 4.79 Å². The normalized spacial score (nSPS) is 14.2. The summed E-state index contributed by atoms with van der Waals surface area (Å²) in [6, 6.07) is 6.70. The maximum absolute atomic E-state index is 11.6. The molecule has 1 saturated carbocycles. The molecule has 1 aliphatic rings. The lowest BCUT2D eigenvalue weighted by molar-refractivity contribution is -0.119. The third-order valence-electron chi connectivity index (χ3n) is 3.35. The molecule has 0 radical (unpaired) electrons. The van der Waals surface area contributed by atoms with Crippen LogP contribution in [0.4, 0.5) is 5.69 Å². The minimum absolute atomic E-state index is 0.00513. The summed E-state index contributed by atoms with van der Waals surface area (Å²) in [5.74, 6) is 0.00513. The largest absolute Gasteiger partial charge is 0.364 e. The van der Waals surface area contributed by atoms with Crippen LogP contribution in [0.3, 0.4) is 0 Å². The molecule has 0 atom stereocenters. The van der Waals surface area contributed by atoms with Crippen LogP contribution in [0.15, 0.2) is 18.2 Å². The summed E-state index contributed by atoms with van der Waals surface area (Å²) in [6.07, 6.45) is 2.56. The van der Waals surface area contributed by atoms with E-state index in [1.165, 1.54) is 18.4 Å². The van der Waals surface area contributed by atoms with E-state index in [2.05, 4.69) is 16.7 Å². The first-order valence-corrected chi connectivity index (χ1v) is 7.47. The Morgan fingerprint density at radius 1 is 1.45 bits per heavy atom. The molecule has 0 spiro atoms. The number of hydrogen-bond donors (Lipinski definition) is 2. The molecule has 0 heterocycles. The van der Waals surface area contributed by atoms with Crippen molar-refractivity contribution in [2.24, 2.45) is 0 Å². The number of rotatable bonds is 7. The van der Waals surface area contributed by atoms with Crippen molar-refractivity contribution in [2.45, 2.75) is 32.4 Å². The molecule has 1 amide bonds. The summed E-state index contributed by atoms with van der Waals surface area (Å²) in [4.78, 5) is 13.5. The van der Waals surface area contributed by atoms with Crippen molar-refractivity contribution in [1.29, 1.82) is 0 Å². The van der Waals surface area contributed by atoms with Crippen LogP contribution in [0.1, 0.15) is 25.3 Å². The quantitative estimate of drug-likeness (QED) is 0.810. The van der Waals surface area contributed by atoms with Crippen LogP contribution in [-0.2, 0) is 11.3 Å². The standard InChI is InChI=1S/C15H22ClN3O/c1-3-17-15(20)10-19(2)14-7-4-11(8-13(14)16)9-18-12-5-6-12/h4,7-8,12,18H,3,5-6,9-10H2,1-2H3,(H,17,20). The minimum atomic E-state index is 0.00513. The summed E-state index contributed by atoms with van der Waals surface area (Å²) in [6.45, 7) is 3.72. The Labute approximate surface area is 125 Å². The first-order valence-electron chi connectivity index (χ1n) is 7.09. The summed E-state index contributed by atoms with van der Waals surface area (Å²) in [7, 11) is 1.87. The third kappa shape index (κ3) is 4.39. The molecule has 5 heteroatoms. The van der Waals surface area contributed by atoms with E-state index in [9.17, 15) is 4.79 Å². The average Bonchev–Trinajstić information content (AvgIpc) is 3.20. The van der Waals surface area contributed by atoms with Gasteiger partial charge in [-0.05, 0) is 37.5 Å². The molecule has 2 N–H and O–H groups in total. The predicted octanol–water partition coefficient (Wildman–Crippen LogP) is 2.16. The Balaban J connectivity index is 1.94. The molecule has 1 aromatic rings. The van der Waals surface area contributed by atoms with Gasteiger partial charge in [-0.3, -0.25) is 4.79 Å². The van der Waals surface area contributed by atoms with Crippen LogP contribution >= 0.6 is 11.6 Å². The molecule has 1 fully saturated rings. The van der Waals surface area contributed by atoms with Gasteiger partial charge in [0.05, 0.1) is 17.3 Å². The van der Waals surface area contributed by atoms with Crippen molar-refractivity contribution in [2.75, 3.05) is 25.0 Å². The highest BCUT2D eigenvalue weighted by Gasteiger charge is 2.20. The van der Waals surface area contributed by atoms with E-state index in [1.54, 1.807) is 0 Å². The Hall–Kier alpha value is -1.26. The molecule has 0 aliphatic heterocycles. The van der Waals surface area contributed by atoms with E-state index >= 15 is 0 Å². The Bertz CT molecular complexity index is 474. The second-order valence-corrected chi connectivity index (χ2v) is 5.66. The Morgan fingerprint density at radius 2 is 2.20 bits per heavy atom. The van der Waals surface area contributed by atoms with Gasteiger partial charge < -0.3 is 15.5 Å². The summed E-state index contributed by atoms with van der Waals surface area (Å²) in [5.41, 5.74) is 2.06. The van der Waals surface area contributed by atoms with Gasteiger partial charge in [-0.2, -0.15) is 0 Å². The zero-order valence-electron chi connectivity index (χ0n) is 12.1. The van der Waals surface area contributed by atoms with Gasteiger partial charge in [-0.1, -0.05) is 17.7 Å². The van der Waals surface area contributed by atoms with Crippen LogP contribution in [0.25, 0.3) is 0 Å². The number of anilines is 1. The van der Waals surface area contributed by atoms with Crippen molar-refractivity contribution >= 4 is 23.2 Å². The Morgan fingerprint density at radius 3 is 2.80 bits per heavy atom. The number of benzene rings is 1. The van der Waals surface area contributed by atoms with Crippen molar-refractivity contribution in [3.05, 3.63) is 28.8 Å². The smallest absolute Gasteiger partial charge is 0.239 e. The molecule has 0 bridgehead atoms. The first kappa shape index (κ1) is 15.1. The van der Waals surface area contributed by atoms with E-state index < -0.39 is 0 Å². The number of carbonyl (C=O) groups is 1. The summed E-state index contributed by atoms with van der Waals surface area (Å²) < 4.78 is 0. The molecule has 0 saturated heterocycles. The van der Waals surface area contributed by atoms with Crippen LogP contribution in [0, 0.1) is 0 Å². The highest BCUT2D eigenvalue weighted by molar-refractivity contribution is 6.33. The molecule has 0 aromatic heterocycles. The fourth-order valence-corrected chi connectivity index (χ4v) is 2.42. The van der Waals surface area contributed by atoms with Gasteiger partial charge in [0.1, 0.15) is 0 Å². The number of carbonyl (C=O) groups excluding carboxylic acids is 1. The van der Waals surface area contributed by atoms with Crippen LogP contribution in [0.5, 0.6) is 0 Å². The number of halogens is 1.